The summed E-state index contributed by atoms with van der Waals surface area (Å²) in [7, 11) is 1.99. The van der Waals surface area contributed by atoms with E-state index >= 15 is 0 Å². The normalized spacial score (nSPS) is 14.8. The van der Waals surface area contributed by atoms with Gasteiger partial charge in [-0.2, -0.15) is 0 Å². The van der Waals surface area contributed by atoms with E-state index in [9.17, 15) is 4.79 Å². The zero-order valence-electron chi connectivity index (χ0n) is 13.4. The van der Waals surface area contributed by atoms with Gasteiger partial charge in [0.05, 0.1) is 12.1 Å². The molecule has 0 saturated carbocycles. The molecule has 6 heteroatoms. The molecule has 5 nitrogen and oxygen atoms in total. The van der Waals surface area contributed by atoms with Crippen molar-refractivity contribution in [1.82, 2.24) is 20.1 Å². The molecule has 1 amide bonds. The van der Waals surface area contributed by atoms with Crippen molar-refractivity contribution >= 4 is 29.2 Å². The summed E-state index contributed by atoms with van der Waals surface area (Å²) in [5.41, 5.74) is 2.21. The second-order valence-electron chi connectivity index (χ2n) is 5.83. The summed E-state index contributed by atoms with van der Waals surface area (Å²) in [4.78, 5) is 20.6. The van der Waals surface area contributed by atoms with Crippen LogP contribution in [0.15, 0.2) is 36.5 Å². The molecule has 1 N–H and O–H groups in total. The fraction of sp³-hybridized carbons (Fsp3) is 0.412. The molecule has 0 radical (unpaired) electrons. The van der Waals surface area contributed by atoms with Gasteiger partial charge in [0.25, 0.3) is 0 Å². The van der Waals surface area contributed by atoms with Gasteiger partial charge in [0, 0.05) is 44.3 Å². The number of hydrogen-bond donors (Lipinski definition) is 1. The van der Waals surface area contributed by atoms with Gasteiger partial charge in [0.2, 0.25) is 5.91 Å². The maximum atomic E-state index is 12.3. The van der Waals surface area contributed by atoms with Crippen molar-refractivity contribution in [2.24, 2.45) is 0 Å². The molecule has 0 spiro atoms. The molecule has 0 atom stereocenters. The first-order valence-electron chi connectivity index (χ1n) is 7.73. The number of nitrogens with one attached hydrogen (secondary N) is 1. The van der Waals surface area contributed by atoms with Crippen LogP contribution in [0, 0.1) is 0 Å². The van der Waals surface area contributed by atoms with Gasteiger partial charge in [-0.15, -0.1) is 12.4 Å². The third-order valence-corrected chi connectivity index (χ3v) is 3.99. The van der Waals surface area contributed by atoms with Crippen molar-refractivity contribution in [3.05, 3.63) is 42.1 Å². The van der Waals surface area contributed by atoms with Gasteiger partial charge >= 0.3 is 0 Å². The summed E-state index contributed by atoms with van der Waals surface area (Å²) in [6.45, 7) is 4.65. The molecule has 0 bridgehead atoms. The highest BCUT2D eigenvalue weighted by atomic mass is 35.5. The van der Waals surface area contributed by atoms with E-state index in [0.29, 0.717) is 6.54 Å². The predicted octanol–water partition coefficient (Wildman–Crippen LogP) is 1.52. The van der Waals surface area contributed by atoms with Crippen LogP contribution in [0.3, 0.4) is 0 Å². The minimum Gasteiger partial charge on any atom is -0.339 e. The lowest BCUT2D eigenvalue weighted by atomic mass is 10.1. The number of rotatable bonds is 4. The molecule has 0 aliphatic carbocycles. The number of nitrogens with zero attached hydrogens (tertiary/aromatic N) is 3. The quantitative estimate of drug-likeness (QED) is 0.921. The lowest BCUT2D eigenvalue weighted by molar-refractivity contribution is -0.132. The van der Waals surface area contributed by atoms with Crippen LogP contribution in [0.4, 0.5) is 0 Å². The summed E-state index contributed by atoms with van der Waals surface area (Å²) < 4.78 is 0. The van der Waals surface area contributed by atoms with E-state index in [0.717, 1.165) is 43.6 Å². The molecule has 124 valence electrons. The Balaban J connectivity index is 0.00000192. The number of hydrogen-bond acceptors (Lipinski definition) is 4. The zero-order chi connectivity index (χ0) is 15.4. The van der Waals surface area contributed by atoms with Crippen LogP contribution in [-0.2, 0) is 11.3 Å². The third kappa shape index (κ3) is 4.64. The highest BCUT2D eigenvalue weighted by Crippen LogP contribution is 2.14. The van der Waals surface area contributed by atoms with Gasteiger partial charge in [-0.25, -0.2) is 0 Å². The van der Waals surface area contributed by atoms with Gasteiger partial charge in [0.1, 0.15) is 0 Å². The van der Waals surface area contributed by atoms with Crippen molar-refractivity contribution in [1.29, 1.82) is 0 Å². The second kappa shape index (κ2) is 8.24. The van der Waals surface area contributed by atoms with Crippen molar-refractivity contribution in [3.63, 3.8) is 0 Å². The fourth-order valence-electron chi connectivity index (χ4n) is 2.84. The van der Waals surface area contributed by atoms with Crippen molar-refractivity contribution in [3.8, 4) is 0 Å². The molecule has 1 aliphatic rings. The first-order chi connectivity index (χ1) is 10.7. The van der Waals surface area contributed by atoms with Crippen LogP contribution >= 0.6 is 12.4 Å². The summed E-state index contributed by atoms with van der Waals surface area (Å²) in [6, 6.07) is 10.3. The van der Waals surface area contributed by atoms with Crippen LogP contribution in [-0.4, -0.2) is 60.5 Å². The number of piperazine rings is 1. The number of aromatic nitrogens is 1. The number of carbonyl (C=O) groups excluding carboxylic acids is 1. The van der Waals surface area contributed by atoms with E-state index in [1.54, 1.807) is 6.20 Å². The molecule has 2 aromatic rings. The van der Waals surface area contributed by atoms with Crippen molar-refractivity contribution < 1.29 is 4.79 Å². The molecule has 1 aromatic carbocycles. The first-order valence-corrected chi connectivity index (χ1v) is 7.73. The number of halogens is 1. The van der Waals surface area contributed by atoms with Gasteiger partial charge in [0.15, 0.2) is 0 Å². The summed E-state index contributed by atoms with van der Waals surface area (Å²) in [5.74, 6) is 0.214. The van der Waals surface area contributed by atoms with Crippen LogP contribution < -0.4 is 5.32 Å². The largest absolute Gasteiger partial charge is 0.339 e. The number of fused-ring (bicyclic) bond motifs is 1. The Kier molecular flexibility index (Phi) is 6.33. The van der Waals surface area contributed by atoms with Crippen LogP contribution in [0.25, 0.3) is 10.9 Å². The van der Waals surface area contributed by atoms with Crippen LogP contribution in [0.2, 0.25) is 0 Å². The Morgan fingerprint density at radius 1 is 1.30 bits per heavy atom. The summed E-state index contributed by atoms with van der Waals surface area (Å²) >= 11 is 0. The van der Waals surface area contributed by atoms with Crippen LogP contribution in [0.1, 0.15) is 5.56 Å². The van der Waals surface area contributed by atoms with E-state index in [1.165, 1.54) is 5.56 Å². The average Bonchev–Trinajstić information content (AvgIpc) is 2.55. The molecule has 1 aromatic heterocycles. The smallest absolute Gasteiger partial charge is 0.236 e. The molecule has 23 heavy (non-hydrogen) atoms. The lowest BCUT2D eigenvalue weighted by Crippen LogP contribution is -2.49. The molecular weight excluding hydrogens is 312 g/mol. The summed E-state index contributed by atoms with van der Waals surface area (Å²) in [5, 5.41) is 4.41. The average molecular weight is 335 g/mol. The molecule has 1 aliphatic heterocycles. The standard InChI is InChI=1S/C17H22N4O.ClH/c1-20(13-17(22)21-9-7-18-8-10-21)12-14-4-5-16-15(11-14)3-2-6-19-16;/h2-6,11,18H,7-10,12-13H2,1H3;1H. The van der Waals surface area contributed by atoms with Gasteiger partial charge in [-0.3, -0.25) is 14.7 Å². The SMILES string of the molecule is CN(CC(=O)N1CCNCC1)Cc1ccc2ncccc2c1.Cl. The zero-order valence-corrected chi connectivity index (χ0v) is 14.2. The number of amides is 1. The van der Waals surface area contributed by atoms with Gasteiger partial charge in [-0.05, 0) is 30.8 Å². The highest BCUT2D eigenvalue weighted by molar-refractivity contribution is 5.85. The van der Waals surface area contributed by atoms with Crippen molar-refractivity contribution in [2.75, 3.05) is 39.8 Å². The maximum Gasteiger partial charge on any atom is 0.236 e. The number of likely N-dealkylation sites (N-methyl/N-ethyl adjacent to an activating group) is 1. The Morgan fingerprint density at radius 3 is 2.87 bits per heavy atom. The fourth-order valence-corrected chi connectivity index (χ4v) is 2.84. The Morgan fingerprint density at radius 2 is 2.09 bits per heavy atom. The predicted molar refractivity (Wildman–Crippen MR) is 94.8 cm³/mol. The molecule has 2 heterocycles. The van der Waals surface area contributed by atoms with E-state index in [-0.39, 0.29) is 18.3 Å². The van der Waals surface area contributed by atoms with E-state index in [4.69, 9.17) is 0 Å². The Bertz CT molecular complexity index is 658. The minimum absolute atomic E-state index is 0. The summed E-state index contributed by atoms with van der Waals surface area (Å²) in [6.07, 6.45) is 1.81. The van der Waals surface area contributed by atoms with Crippen molar-refractivity contribution in [2.45, 2.75) is 6.54 Å². The van der Waals surface area contributed by atoms with Gasteiger partial charge < -0.3 is 10.2 Å². The van der Waals surface area contributed by atoms with Gasteiger partial charge in [-0.1, -0.05) is 12.1 Å². The Labute approximate surface area is 143 Å². The van der Waals surface area contributed by atoms with E-state index < -0.39 is 0 Å². The lowest BCUT2D eigenvalue weighted by Gasteiger charge is -2.29. The monoisotopic (exact) mass is 334 g/mol. The number of carbonyl (C=O) groups is 1. The Hall–Kier alpha value is -1.69. The minimum atomic E-state index is 0. The molecule has 1 fully saturated rings. The van der Waals surface area contributed by atoms with E-state index in [2.05, 4.69) is 33.4 Å². The second-order valence-corrected chi connectivity index (χ2v) is 5.83. The number of pyridine rings is 1. The molecule has 3 rings (SSSR count). The maximum absolute atomic E-state index is 12.3. The van der Waals surface area contributed by atoms with Crippen LogP contribution in [0.5, 0.6) is 0 Å². The third-order valence-electron chi connectivity index (χ3n) is 3.99. The number of benzene rings is 1. The molecule has 0 unspecified atom stereocenters. The first kappa shape index (κ1) is 17.7. The highest BCUT2D eigenvalue weighted by Gasteiger charge is 2.17. The molecular formula is C17H23ClN4O. The topological polar surface area (TPSA) is 48.5 Å². The molecule has 1 saturated heterocycles. The van der Waals surface area contributed by atoms with E-state index in [1.807, 2.05) is 24.1 Å².